The molecule has 0 bridgehead atoms. The highest BCUT2D eigenvalue weighted by Gasteiger charge is 2.05. The van der Waals surface area contributed by atoms with E-state index in [4.69, 9.17) is 4.74 Å². The fraction of sp³-hybridized carbons (Fsp3) is 0.214. The van der Waals surface area contributed by atoms with Gasteiger partial charge in [0.05, 0.1) is 7.11 Å². The first-order valence-corrected chi connectivity index (χ1v) is 6.31. The number of aromatic nitrogens is 4. The van der Waals surface area contributed by atoms with Gasteiger partial charge in [0.15, 0.2) is 5.65 Å². The number of rotatable bonds is 4. The first-order valence-electron chi connectivity index (χ1n) is 6.31. The molecule has 0 amide bonds. The topological polar surface area (TPSA) is 64.3 Å². The van der Waals surface area contributed by atoms with E-state index in [9.17, 15) is 0 Å². The molecule has 6 nitrogen and oxygen atoms in total. The van der Waals surface area contributed by atoms with E-state index in [1.165, 1.54) is 0 Å². The summed E-state index contributed by atoms with van der Waals surface area (Å²) in [7, 11) is 1.60. The Morgan fingerprint density at radius 2 is 2.25 bits per heavy atom. The number of methoxy groups -OCH3 is 1. The fourth-order valence-electron chi connectivity index (χ4n) is 1.97. The van der Waals surface area contributed by atoms with Gasteiger partial charge in [-0.1, -0.05) is 6.07 Å². The quantitative estimate of drug-likeness (QED) is 0.785. The van der Waals surface area contributed by atoms with Gasteiger partial charge >= 0.3 is 0 Å². The summed E-state index contributed by atoms with van der Waals surface area (Å²) in [4.78, 5) is 8.54. The molecule has 0 aliphatic carbocycles. The summed E-state index contributed by atoms with van der Waals surface area (Å²) in [5.41, 5.74) is 3.02. The van der Waals surface area contributed by atoms with Gasteiger partial charge in [0, 0.05) is 25.0 Å². The number of hydrogen-bond acceptors (Lipinski definition) is 5. The Bertz CT molecular complexity index is 737. The van der Waals surface area contributed by atoms with Crippen LogP contribution in [0.1, 0.15) is 11.1 Å². The van der Waals surface area contributed by atoms with Crippen molar-refractivity contribution in [2.75, 3.05) is 12.4 Å². The summed E-state index contributed by atoms with van der Waals surface area (Å²) in [6, 6.07) is 7.78. The molecular weight excluding hydrogens is 254 g/mol. The van der Waals surface area contributed by atoms with Crippen molar-refractivity contribution in [1.82, 2.24) is 19.6 Å². The first-order chi connectivity index (χ1) is 9.76. The lowest BCUT2D eigenvalue weighted by Gasteiger charge is -2.03. The fourth-order valence-corrected chi connectivity index (χ4v) is 1.97. The van der Waals surface area contributed by atoms with Crippen molar-refractivity contribution in [2.24, 2.45) is 0 Å². The van der Waals surface area contributed by atoms with Crippen LogP contribution in [-0.4, -0.2) is 26.7 Å². The molecule has 3 heterocycles. The highest BCUT2D eigenvalue weighted by molar-refractivity contribution is 5.49. The summed E-state index contributed by atoms with van der Waals surface area (Å²) in [6.45, 7) is 2.64. The van der Waals surface area contributed by atoms with Crippen LogP contribution in [0, 0.1) is 6.92 Å². The third-order valence-electron chi connectivity index (χ3n) is 3.02. The Morgan fingerprint density at radius 3 is 3.05 bits per heavy atom. The van der Waals surface area contributed by atoms with Crippen molar-refractivity contribution in [3.8, 4) is 5.88 Å². The molecule has 0 saturated heterocycles. The highest BCUT2D eigenvalue weighted by Crippen LogP contribution is 2.12. The van der Waals surface area contributed by atoms with Crippen molar-refractivity contribution in [3.05, 3.63) is 47.8 Å². The average molecular weight is 269 g/mol. The van der Waals surface area contributed by atoms with Gasteiger partial charge in [-0.25, -0.2) is 9.50 Å². The lowest BCUT2D eigenvalue weighted by atomic mass is 10.2. The molecule has 6 heteroatoms. The standard InChI is InChI=1S/C14H15N5O/c1-10-4-3-7-19-13(10)17-14(18-19)16-9-11-5-6-15-12(8-11)20-2/h3-8H,9H2,1-2H3,(H,16,18). The van der Waals surface area contributed by atoms with Crippen molar-refractivity contribution in [1.29, 1.82) is 0 Å². The molecule has 0 fully saturated rings. The molecule has 0 aliphatic rings. The zero-order valence-electron chi connectivity index (χ0n) is 11.4. The van der Waals surface area contributed by atoms with Crippen LogP contribution in [0.15, 0.2) is 36.7 Å². The Morgan fingerprint density at radius 1 is 1.35 bits per heavy atom. The third kappa shape index (κ3) is 2.40. The number of anilines is 1. The molecule has 0 spiro atoms. The number of pyridine rings is 2. The Balaban J connectivity index is 1.78. The largest absolute Gasteiger partial charge is 0.481 e. The van der Waals surface area contributed by atoms with E-state index in [1.807, 2.05) is 37.4 Å². The second kappa shape index (κ2) is 5.16. The summed E-state index contributed by atoms with van der Waals surface area (Å²) in [6.07, 6.45) is 3.60. The van der Waals surface area contributed by atoms with Crippen LogP contribution in [-0.2, 0) is 6.54 Å². The Kier molecular flexibility index (Phi) is 3.20. The minimum Gasteiger partial charge on any atom is -0.481 e. The zero-order valence-corrected chi connectivity index (χ0v) is 11.4. The number of ether oxygens (including phenoxy) is 1. The van der Waals surface area contributed by atoms with E-state index in [1.54, 1.807) is 17.8 Å². The monoisotopic (exact) mass is 269 g/mol. The molecule has 3 aromatic rings. The van der Waals surface area contributed by atoms with Gasteiger partial charge in [0.2, 0.25) is 11.8 Å². The number of aryl methyl sites for hydroxylation is 1. The summed E-state index contributed by atoms with van der Waals surface area (Å²) >= 11 is 0. The SMILES string of the molecule is COc1cc(CNc2nc3c(C)cccn3n2)ccn1. The molecule has 3 aromatic heterocycles. The van der Waals surface area contributed by atoms with Crippen molar-refractivity contribution in [2.45, 2.75) is 13.5 Å². The lowest BCUT2D eigenvalue weighted by Crippen LogP contribution is -2.02. The molecule has 20 heavy (non-hydrogen) atoms. The van der Waals surface area contributed by atoms with E-state index >= 15 is 0 Å². The first kappa shape index (κ1) is 12.4. The van der Waals surface area contributed by atoms with Crippen LogP contribution in [0.2, 0.25) is 0 Å². The molecule has 3 rings (SSSR count). The minimum atomic E-state index is 0.600. The molecule has 0 aliphatic heterocycles. The van der Waals surface area contributed by atoms with Gasteiger partial charge in [0.25, 0.3) is 0 Å². The van der Waals surface area contributed by atoms with E-state index in [2.05, 4.69) is 20.4 Å². The van der Waals surface area contributed by atoms with Crippen LogP contribution < -0.4 is 10.1 Å². The van der Waals surface area contributed by atoms with Crippen molar-refractivity contribution < 1.29 is 4.74 Å². The summed E-state index contributed by atoms with van der Waals surface area (Å²) in [5.74, 6) is 1.21. The second-order valence-corrected chi connectivity index (χ2v) is 4.45. The summed E-state index contributed by atoms with van der Waals surface area (Å²) < 4.78 is 6.87. The Hall–Kier alpha value is -2.63. The van der Waals surface area contributed by atoms with Crippen LogP contribution in [0.25, 0.3) is 5.65 Å². The van der Waals surface area contributed by atoms with Crippen LogP contribution in [0.4, 0.5) is 5.95 Å². The maximum atomic E-state index is 5.10. The summed E-state index contributed by atoms with van der Waals surface area (Å²) in [5, 5.41) is 7.58. The maximum Gasteiger partial charge on any atom is 0.243 e. The average Bonchev–Trinajstić information content (AvgIpc) is 2.90. The predicted molar refractivity (Wildman–Crippen MR) is 75.8 cm³/mol. The van der Waals surface area contributed by atoms with Crippen LogP contribution in [0.3, 0.4) is 0 Å². The van der Waals surface area contributed by atoms with Crippen molar-refractivity contribution >= 4 is 11.6 Å². The van der Waals surface area contributed by atoms with Gasteiger partial charge in [-0.15, -0.1) is 5.10 Å². The second-order valence-electron chi connectivity index (χ2n) is 4.45. The predicted octanol–water partition coefficient (Wildman–Crippen LogP) is 2.05. The normalized spacial score (nSPS) is 10.7. The van der Waals surface area contributed by atoms with E-state index in [-0.39, 0.29) is 0 Å². The number of nitrogens with one attached hydrogen (secondary N) is 1. The van der Waals surface area contributed by atoms with Crippen molar-refractivity contribution in [3.63, 3.8) is 0 Å². The number of nitrogens with zero attached hydrogens (tertiary/aromatic N) is 4. The highest BCUT2D eigenvalue weighted by atomic mass is 16.5. The maximum absolute atomic E-state index is 5.10. The molecular formula is C14H15N5O. The number of fused-ring (bicyclic) bond motifs is 1. The van der Waals surface area contributed by atoms with Gasteiger partial charge < -0.3 is 10.1 Å². The van der Waals surface area contributed by atoms with E-state index in [0.717, 1.165) is 16.8 Å². The Labute approximate surface area is 116 Å². The smallest absolute Gasteiger partial charge is 0.243 e. The zero-order chi connectivity index (χ0) is 13.9. The minimum absolute atomic E-state index is 0.600. The third-order valence-corrected chi connectivity index (χ3v) is 3.02. The van der Waals surface area contributed by atoms with Gasteiger partial charge in [-0.05, 0) is 30.2 Å². The van der Waals surface area contributed by atoms with Gasteiger partial charge in [-0.3, -0.25) is 0 Å². The van der Waals surface area contributed by atoms with Crippen LogP contribution in [0.5, 0.6) is 5.88 Å². The lowest BCUT2D eigenvalue weighted by molar-refractivity contribution is 0.397. The molecule has 1 N–H and O–H groups in total. The molecule has 0 atom stereocenters. The molecule has 0 unspecified atom stereocenters. The number of hydrogen-bond donors (Lipinski definition) is 1. The van der Waals surface area contributed by atoms with E-state index in [0.29, 0.717) is 18.4 Å². The molecule has 0 radical (unpaired) electrons. The molecule has 0 aromatic carbocycles. The molecule has 0 saturated carbocycles. The van der Waals surface area contributed by atoms with Gasteiger partial charge in [-0.2, -0.15) is 4.98 Å². The molecule has 102 valence electrons. The van der Waals surface area contributed by atoms with Crippen LogP contribution >= 0.6 is 0 Å². The van der Waals surface area contributed by atoms with Gasteiger partial charge in [0.1, 0.15) is 0 Å². The van der Waals surface area contributed by atoms with E-state index < -0.39 is 0 Å².